The molecule has 4 nitrogen and oxygen atoms in total. The molecule has 2 rings (SSSR count). The molecule has 94 valence electrons. The molecule has 0 aliphatic carbocycles. The lowest BCUT2D eigenvalue weighted by Gasteiger charge is -2.11. The number of rotatable bonds is 3. The SMILES string of the molecule is O=C(O)c1ccoc1C(O)c1ccc(F)cc1Br. The molecule has 0 fully saturated rings. The molecular formula is C12H8BrFO4. The number of aromatic carboxylic acids is 1. The summed E-state index contributed by atoms with van der Waals surface area (Å²) in [6.07, 6.45) is -0.0968. The van der Waals surface area contributed by atoms with Crippen LogP contribution in [0.1, 0.15) is 27.8 Å². The van der Waals surface area contributed by atoms with E-state index in [9.17, 15) is 14.3 Å². The van der Waals surface area contributed by atoms with Gasteiger partial charge in [0.15, 0.2) is 5.76 Å². The third-order valence-electron chi connectivity index (χ3n) is 2.43. The molecule has 2 aromatic rings. The van der Waals surface area contributed by atoms with E-state index in [0.717, 1.165) is 0 Å². The van der Waals surface area contributed by atoms with Gasteiger partial charge in [-0.2, -0.15) is 0 Å². The van der Waals surface area contributed by atoms with E-state index in [0.29, 0.717) is 10.0 Å². The van der Waals surface area contributed by atoms with Gasteiger partial charge in [0.25, 0.3) is 0 Å². The fourth-order valence-electron chi connectivity index (χ4n) is 1.57. The lowest BCUT2D eigenvalue weighted by atomic mass is 10.0. The maximum Gasteiger partial charge on any atom is 0.339 e. The first-order valence-corrected chi connectivity index (χ1v) is 5.73. The van der Waals surface area contributed by atoms with Gasteiger partial charge in [0.05, 0.1) is 6.26 Å². The van der Waals surface area contributed by atoms with Crippen molar-refractivity contribution in [2.24, 2.45) is 0 Å². The van der Waals surface area contributed by atoms with E-state index < -0.39 is 17.9 Å². The van der Waals surface area contributed by atoms with Gasteiger partial charge in [0, 0.05) is 10.0 Å². The minimum atomic E-state index is -1.28. The van der Waals surface area contributed by atoms with Crippen molar-refractivity contribution in [2.45, 2.75) is 6.10 Å². The molecule has 0 spiro atoms. The minimum absolute atomic E-state index is 0.0881. The maximum atomic E-state index is 12.9. The molecule has 0 saturated heterocycles. The summed E-state index contributed by atoms with van der Waals surface area (Å²) in [7, 11) is 0. The second-order valence-electron chi connectivity index (χ2n) is 3.57. The molecule has 0 aliphatic rings. The maximum absolute atomic E-state index is 12.9. The number of aliphatic hydroxyl groups excluding tert-OH is 1. The van der Waals surface area contributed by atoms with Crippen LogP contribution in [-0.2, 0) is 0 Å². The van der Waals surface area contributed by atoms with Gasteiger partial charge in [-0.3, -0.25) is 0 Å². The Hall–Kier alpha value is -1.66. The summed E-state index contributed by atoms with van der Waals surface area (Å²) >= 11 is 3.11. The second-order valence-corrected chi connectivity index (χ2v) is 4.43. The summed E-state index contributed by atoms with van der Waals surface area (Å²) in [6, 6.07) is 4.96. The van der Waals surface area contributed by atoms with Gasteiger partial charge in [0.1, 0.15) is 17.5 Å². The van der Waals surface area contributed by atoms with E-state index in [2.05, 4.69) is 15.9 Å². The summed E-state index contributed by atoms with van der Waals surface area (Å²) in [5.41, 5.74) is 0.201. The summed E-state index contributed by atoms with van der Waals surface area (Å²) in [5.74, 6) is -1.75. The van der Waals surface area contributed by atoms with Gasteiger partial charge in [-0.15, -0.1) is 0 Å². The predicted molar refractivity (Wildman–Crippen MR) is 63.8 cm³/mol. The van der Waals surface area contributed by atoms with Gasteiger partial charge >= 0.3 is 5.97 Å². The average molecular weight is 315 g/mol. The van der Waals surface area contributed by atoms with Crippen LogP contribution in [0.25, 0.3) is 0 Å². The highest BCUT2D eigenvalue weighted by atomic mass is 79.9. The van der Waals surface area contributed by atoms with Crippen LogP contribution in [0.3, 0.4) is 0 Å². The van der Waals surface area contributed by atoms with Crippen molar-refractivity contribution in [3.8, 4) is 0 Å². The summed E-state index contributed by atoms with van der Waals surface area (Å²) in [4.78, 5) is 10.9. The molecule has 1 atom stereocenters. The topological polar surface area (TPSA) is 70.7 Å². The van der Waals surface area contributed by atoms with Crippen LogP contribution in [0.4, 0.5) is 4.39 Å². The van der Waals surface area contributed by atoms with E-state index in [1.165, 1.54) is 30.5 Å². The van der Waals surface area contributed by atoms with E-state index in [-0.39, 0.29) is 11.3 Å². The van der Waals surface area contributed by atoms with Gasteiger partial charge in [-0.1, -0.05) is 22.0 Å². The second kappa shape index (κ2) is 4.91. The first-order chi connectivity index (χ1) is 8.50. The molecule has 1 aromatic carbocycles. The zero-order valence-electron chi connectivity index (χ0n) is 8.93. The van der Waals surface area contributed by atoms with Crippen molar-refractivity contribution in [3.05, 3.63) is 57.7 Å². The number of halogens is 2. The van der Waals surface area contributed by atoms with Crippen LogP contribution in [0, 0.1) is 5.82 Å². The van der Waals surface area contributed by atoms with Crippen molar-refractivity contribution in [2.75, 3.05) is 0 Å². The molecule has 6 heteroatoms. The van der Waals surface area contributed by atoms with Crippen molar-refractivity contribution in [3.63, 3.8) is 0 Å². The van der Waals surface area contributed by atoms with Crippen molar-refractivity contribution in [1.29, 1.82) is 0 Å². The number of hydrogen-bond donors (Lipinski definition) is 2. The van der Waals surface area contributed by atoms with Crippen LogP contribution < -0.4 is 0 Å². The number of furan rings is 1. The van der Waals surface area contributed by atoms with Gasteiger partial charge < -0.3 is 14.6 Å². The number of carbonyl (C=O) groups is 1. The predicted octanol–water partition coefficient (Wildman–Crippen LogP) is 2.96. The van der Waals surface area contributed by atoms with Gasteiger partial charge in [-0.25, -0.2) is 9.18 Å². The lowest BCUT2D eigenvalue weighted by Crippen LogP contribution is -2.06. The largest absolute Gasteiger partial charge is 0.478 e. The molecule has 0 bridgehead atoms. The summed E-state index contributed by atoms with van der Waals surface area (Å²) < 4.78 is 18.2. The molecule has 0 amide bonds. The van der Waals surface area contributed by atoms with E-state index in [4.69, 9.17) is 9.52 Å². The Kier molecular flexibility index (Phi) is 3.49. The van der Waals surface area contributed by atoms with Crippen LogP contribution >= 0.6 is 15.9 Å². The van der Waals surface area contributed by atoms with E-state index in [1.807, 2.05) is 0 Å². The average Bonchev–Trinajstić information content (AvgIpc) is 2.77. The first kappa shape index (κ1) is 12.8. The Morgan fingerprint density at radius 3 is 2.72 bits per heavy atom. The quantitative estimate of drug-likeness (QED) is 0.913. The van der Waals surface area contributed by atoms with Gasteiger partial charge in [-0.05, 0) is 18.2 Å². The fraction of sp³-hybridized carbons (Fsp3) is 0.0833. The monoisotopic (exact) mass is 314 g/mol. The molecule has 0 radical (unpaired) electrons. The number of carboxylic acid groups (broad SMARTS) is 1. The fourth-order valence-corrected chi connectivity index (χ4v) is 2.14. The number of carboxylic acids is 1. The molecule has 1 aromatic heterocycles. The Labute approximate surface area is 110 Å². The Balaban J connectivity index is 2.44. The highest BCUT2D eigenvalue weighted by molar-refractivity contribution is 9.10. The van der Waals surface area contributed by atoms with Crippen molar-refractivity contribution < 1.29 is 23.8 Å². The Morgan fingerprint density at radius 1 is 1.39 bits per heavy atom. The third-order valence-corrected chi connectivity index (χ3v) is 3.12. The molecule has 18 heavy (non-hydrogen) atoms. The smallest absolute Gasteiger partial charge is 0.339 e. The van der Waals surface area contributed by atoms with E-state index in [1.54, 1.807) is 0 Å². The van der Waals surface area contributed by atoms with Crippen molar-refractivity contribution >= 4 is 21.9 Å². The Bertz CT molecular complexity index is 594. The zero-order valence-corrected chi connectivity index (χ0v) is 10.5. The number of benzene rings is 1. The van der Waals surface area contributed by atoms with Crippen molar-refractivity contribution in [1.82, 2.24) is 0 Å². The summed E-state index contributed by atoms with van der Waals surface area (Å²) in [6.45, 7) is 0. The van der Waals surface area contributed by atoms with Crippen LogP contribution in [0.5, 0.6) is 0 Å². The zero-order chi connectivity index (χ0) is 13.3. The third kappa shape index (κ3) is 2.30. The number of aliphatic hydroxyl groups is 1. The Morgan fingerprint density at radius 2 is 2.11 bits per heavy atom. The highest BCUT2D eigenvalue weighted by Crippen LogP contribution is 2.31. The molecular weight excluding hydrogens is 307 g/mol. The normalized spacial score (nSPS) is 12.4. The van der Waals surface area contributed by atoms with Gasteiger partial charge in [0.2, 0.25) is 0 Å². The molecule has 0 aliphatic heterocycles. The lowest BCUT2D eigenvalue weighted by molar-refractivity contribution is 0.0687. The van der Waals surface area contributed by atoms with Crippen LogP contribution in [0.2, 0.25) is 0 Å². The standard InChI is InChI=1S/C12H8BrFO4/c13-9-5-6(14)1-2-7(9)10(15)11-8(12(16)17)3-4-18-11/h1-5,10,15H,(H,16,17). The first-order valence-electron chi connectivity index (χ1n) is 4.94. The van der Waals surface area contributed by atoms with E-state index >= 15 is 0 Å². The number of hydrogen-bond acceptors (Lipinski definition) is 3. The molecule has 0 saturated carbocycles. The molecule has 2 N–H and O–H groups in total. The highest BCUT2D eigenvalue weighted by Gasteiger charge is 2.23. The van der Waals surface area contributed by atoms with Crippen LogP contribution in [-0.4, -0.2) is 16.2 Å². The minimum Gasteiger partial charge on any atom is -0.478 e. The summed E-state index contributed by atoms with van der Waals surface area (Å²) in [5, 5.41) is 19.0. The molecule has 1 unspecified atom stereocenters. The van der Waals surface area contributed by atoms with Crippen LogP contribution in [0.15, 0.2) is 39.4 Å². The molecule has 1 heterocycles.